The van der Waals surface area contributed by atoms with E-state index in [0.717, 1.165) is 6.42 Å². The summed E-state index contributed by atoms with van der Waals surface area (Å²) >= 11 is 11.4. The van der Waals surface area contributed by atoms with Gasteiger partial charge in [0.1, 0.15) is 0 Å². The van der Waals surface area contributed by atoms with E-state index < -0.39 is 0 Å². The van der Waals surface area contributed by atoms with Crippen molar-refractivity contribution >= 4 is 95.4 Å². The van der Waals surface area contributed by atoms with Crippen LogP contribution in [0.3, 0.4) is 0 Å². The van der Waals surface area contributed by atoms with Crippen molar-refractivity contribution in [1.82, 2.24) is 0 Å². The second-order valence-corrected chi connectivity index (χ2v) is 1.86. The molecule has 17 heavy (non-hydrogen) atoms. The van der Waals surface area contributed by atoms with Crippen LogP contribution in [0.4, 0.5) is 0 Å². The smallest absolute Gasteiger partial charge is 0.0297 e. The normalized spacial score (nSPS) is 3.06. The van der Waals surface area contributed by atoms with Crippen LogP contribution in [0, 0.1) is 0 Å². The Morgan fingerprint density at radius 2 is 1.18 bits per heavy atom. The highest BCUT2D eigenvalue weighted by atomic mass is 32.1. The highest BCUT2D eigenvalue weighted by molar-refractivity contribution is 7.93. The maximum absolute atomic E-state index is 3.96. The quantitative estimate of drug-likeness (QED) is 0.342. The average molecular weight is 379 g/mol. The SMILES string of the molecule is C.C=CC.C=CCC.CS.S.S.S.S.S=C=S.[HH].[HH]. The number of allylic oxidation sites excluding steroid dienone is 2. The number of hydrogen-bond donors (Lipinski definition) is 1. The summed E-state index contributed by atoms with van der Waals surface area (Å²) in [4.78, 5) is 0. The third kappa shape index (κ3) is 694. The Morgan fingerprint density at radius 3 is 1.18 bits per heavy atom. The molecular formula is C10H34S7. The first-order valence-corrected chi connectivity index (χ1v) is 5.08. The van der Waals surface area contributed by atoms with Gasteiger partial charge in [-0.1, -0.05) is 26.5 Å². The zero-order valence-electron chi connectivity index (χ0n) is 10.0. The van der Waals surface area contributed by atoms with E-state index in [1.807, 2.05) is 17.3 Å². The van der Waals surface area contributed by atoms with Crippen LogP contribution in [0.15, 0.2) is 25.3 Å². The predicted molar refractivity (Wildman–Crippen MR) is 124 cm³/mol. The van der Waals surface area contributed by atoms with Gasteiger partial charge in [0.15, 0.2) is 0 Å². The highest BCUT2D eigenvalue weighted by Crippen LogP contribution is 1.66. The van der Waals surface area contributed by atoms with E-state index in [1.54, 1.807) is 12.3 Å². The van der Waals surface area contributed by atoms with Gasteiger partial charge in [0.25, 0.3) is 0 Å². The Balaban J connectivity index is -0.00000000452. The fraction of sp³-hybridized carbons (Fsp3) is 0.500. The van der Waals surface area contributed by atoms with Gasteiger partial charge in [-0.15, -0.1) is 13.2 Å². The third-order valence-corrected chi connectivity index (χ3v) is 0.289. The lowest BCUT2D eigenvalue weighted by Gasteiger charge is -1.57. The van der Waals surface area contributed by atoms with Crippen LogP contribution >= 0.6 is 91.0 Å². The Bertz CT molecular complexity index is 108. The molecule has 0 spiro atoms. The number of rotatable bonds is 1. The molecule has 0 rings (SSSR count). The molecule has 0 fully saturated rings. The Labute approximate surface area is 156 Å². The molecule has 0 radical (unpaired) electrons. The van der Waals surface area contributed by atoms with Gasteiger partial charge in [-0.2, -0.15) is 66.6 Å². The molecule has 0 heterocycles. The Kier molecular flexibility index (Phi) is 588. The summed E-state index contributed by atoms with van der Waals surface area (Å²) in [7, 11) is 0. The van der Waals surface area contributed by atoms with E-state index >= 15 is 0 Å². The van der Waals surface area contributed by atoms with Gasteiger partial charge < -0.3 is 0 Å². The topological polar surface area (TPSA) is 0 Å². The van der Waals surface area contributed by atoms with Gasteiger partial charge >= 0.3 is 0 Å². The fourth-order valence-corrected chi connectivity index (χ4v) is 0. The molecule has 0 nitrogen and oxygen atoms in total. The van der Waals surface area contributed by atoms with E-state index in [2.05, 4.69) is 57.1 Å². The molecule has 116 valence electrons. The summed E-state index contributed by atoms with van der Waals surface area (Å²) in [6.45, 7) is 10.8. The molecule has 0 atom stereocenters. The maximum Gasteiger partial charge on any atom is 0.0297 e. The summed E-state index contributed by atoms with van der Waals surface area (Å²) in [5, 5.41) is 0. The van der Waals surface area contributed by atoms with Crippen LogP contribution in [0.5, 0.6) is 0 Å². The minimum Gasteiger partial charge on any atom is -0.197 e. The van der Waals surface area contributed by atoms with Gasteiger partial charge in [-0.3, -0.25) is 0 Å². The van der Waals surface area contributed by atoms with E-state index in [4.69, 9.17) is 0 Å². The molecule has 0 aromatic heterocycles. The molecule has 0 aliphatic rings. The van der Waals surface area contributed by atoms with Crippen LogP contribution in [0.1, 0.15) is 30.5 Å². The van der Waals surface area contributed by atoms with Gasteiger partial charge in [-0.25, -0.2) is 0 Å². The van der Waals surface area contributed by atoms with Crippen molar-refractivity contribution in [2.45, 2.75) is 27.7 Å². The average Bonchev–Trinajstić information content (AvgIpc) is 2.10. The second-order valence-electron chi connectivity index (χ2n) is 1.19. The van der Waals surface area contributed by atoms with Crippen molar-refractivity contribution in [3.05, 3.63) is 25.3 Å². The van der Waals surface area contributed by atoms with Crippen molar-refractivity contribution in [3.63, 3.8) is 0 Å². The molecule has 0 aromatic rings. The first-order valence-electron chi connectivity index (χ1n) is 3.36. The summed E-state index contributed by atoms with van der Waals surface area (Å²) in [6.07, 6.45) is 6.40. The molecule has 0 saturated carbocycles. The molecule has 0 bridgehead atoms. The lowest BCUT2D eigenvalue weighted by molar-refractivity contribution is 1.23. The standard InChI is InChI=1S/C4H8.C3H6.CS2.CH4S.CH4.4H2S.2H2/c1-3-4-2;1-3-2;2-1-3;1-2;;;;;;;/h3H,1,4H2,2H3;3H,1H2,2H3;;2H,1H3;1H4;4*1H2;2*1H. The van der Waals surface area contributed by atoms with Crippen molar-refractivity contribution < 1.29 is 2.85 Å². The first-order chi connectivity index (χ1) is 5.74. The van der Waals surface area contributed by atoms with Crippen LogP contribution in [0.2, 0.25) is 0 Å². The predicted octanol–water partition coefficient (Wildman–Crippen LogP) is 5.92. The highest BCUT2D eigenvalue weighted by Gasteiger charge is 1.45. The molecule has 0 aliphatic carbocycles. The maximum atomic E-state index is 3.96. The largest absolute Gasteiger partial charge is 0.197 e. The van der Waals surface area contributed by atoms with Crippen molar-refractivity contribution in [2.24, 2.45) is 0 Å². The van der Waals surface area contributed by atoms with Gasteiger partial charge in [0.05, 0.1) is 0 Å². The zero-order valence-corrected chi connectivity index (χ0v) is 16.6. The van der Waals surface area contributed by atoms with Gasteiger partial charge in [0.2, 0.25) is 0 Å². The van der Waals surface area contributed by atoms with E-state index in [1.165, 1.54) is 0 Å². The number of thiol groups is 1. The third-order valence-electron chi connectivity index (χ3n) is 0.289. The molecule has 0 aliphatic heterocycles. The van der Waals surface area contributed by atoms with Crippen molar-refractivity contribution in [1.29, 1.82) is 0 Å². The molecule has 0 amide bonds. The van der Waals surface area contributed by atoms with Crippen molar-refractivity contribution in [3.8, 4) is 0 Å². The monoisotopic (exact) mass is 378 g/mol. The lowest BCUT2D eigenvalue weighted by atomic mass is 10.5. The molecule has 0 saturated heterocycles. The Hall–Kier alpha value is 1.45. The summed E-state index contributed by atoms with van der Waals surface area (Å²) in [6, 6.07) is 0. The minimum atomic E-state index is 0. The van der Waals surface area contributed by atoms with Gasteiger partial charge in [-0.05, 0) is 44.0 Å². The number of hydrogen-bond acceptors (Lipinski definition) is 3. The first kappa shape index (κ1) is 62.9. The summed E-state index contributed by atoms with van der Waals surface area (Å²) < 4.78 is 1.92. The second kappa shape index (κ2) is 159. The molecule has 0 unspecified atom stereocenters. The van der Waals surface area contributed by atoms with Gasteiger partial charge in [0, 0.05) is 7.17 Å². The molecular weight excluding hydrogens is 345 g/mol. The minimum absolute atomic E-state index is 0. The van der Waals surface area contributed by atoms with Crippen LogP contribution in [-0.4, -0.2) is 10.6 Å². The van der Waals surface area contributed by atoms with E-state index in [9.17, 15) is 0 Å². The molecule has 7 heteroatoms. The zero-order chi connectivity index (χ0) is 10.8. The molecule has 0 N–H and O–H groups in total. The van der Waals surface area contributed by atoms with Crippen LogP contribution < -0.4 is 0 Å². The van der Waals surface area contributed by atoms with Crippen LogP contribution in [0.25, 0.3) is 0 Å². The van der Waals surface area contributed by atoms with E-state index in [0.29, 0.717) is 0 Å². The Morgan fingerprint density at radius 1 is 1.12 bits per heavy atom. The summed E-state index contributed by atoms with van der Waals surface area (Å²) in [5.41, 5.74) is 0. The number of thiocarbonyl (C=S) groups is 2. The van der Waals surface area contributed by atoms with E-state index in [-0.39, 0.29) is 64.3 Å². The fourth-order valence-electron chi connectivity index (χ4n) is 0. The van der Waals surface area contributed by atoms with Crippen LogP contribution in [-0.2, 0) is 0 Å². The van der Waals surface area contributed by atoms with Crippen molar-refractivity contribution in [2.75, 3.05) is 6.26 Å². The summed E-state index contributed by atoms with van der Waals surface area (Å²) in [5.74, 6) is 0. The molecule has 0 aromatic carbocycles. The lowest BCUT2D eigenvalue weighted by Crippen LogP contribution is -1.36.